The average molecular weight is 350 g/mol. The van der Waals surface area contributed by atoms with Gasteiger partial charge < -0.3 is 15.2 Å². The molecule has 2 rings (SSSR count). The lowest BCUT2D eigenvalue weighted by molar-refractivity contribution is 0.580. The second kappa shape index (κ2) is 9.04. The van der Waals surface area contributed by atoms with Crippen LogP contribution in [-0.4, -0.2) is 50.6 Å². The van der Waals surface area contributed by atoms with Crippen molar-refractivity contribution in [3.8, 4) is 0 Å². The topological polar surface area (TPSA) is 100 Å². The van der Waals surface area contributed by atoms with E-state index in [1.54, 1.807) is 13.1 Å². The minimum Gasteiger partial charge on any atom is -0.355 e. The number of guanidine groups is 1. The molecule has 0 aliphatic carbocycles. The van der Waals surface area contributed by atoms with Gasteiger partial charge in [0.1, 0.15) is 4.90 Å². The molecule has 0 saturated carbocycles. The number of rotatable bonds is 8. The standard InChI is InChI=1S/C15H22N6O2S/c1-16-15(19-9-12-21-10-2-3-11-21)18-7-8-20-24(22,23)14-5-4-6-17-13-14/h2-6,10-11,13,20H,7-9,12H2,1H3,(H2,16,18,19). The Morgan fingerprint density at radius 2 is 1.92 bits per heavy atom. The highest BCUT2D eigenvalue weighted by Crippen LogP contribution is 2.04. The number of hydrogen-bond acceptors (Lipinski definition) is 4. The Hall–Kier alpha value is -2.39. The van der Waals surface area contributed by atoms with E-state index in [0.717, 1.165) is 13.1 Å². The number of nitrogens with zero attached hydrogens (tertiary/aromatic N) is 3. The lowest BCUT2D eigenvalue weighted by Crippen LogP contribution is -2.42. The molecular formula is C15H22N6O2S. The van der Waals surface area contributed by atoms with Crippen LogP contribution in [0.1, 0.15) is 0 Å². The minimum absolute atomic E-state index is 0.152. The Kier molecular flexibility index (Phi) is 6.76. The van der Waals surface area contributed by atoms with Gasteiger partial charge in [-0.2, -0.15) is 0 Å². The third-order valence-electron chi connectivity index (χ3n) is 3.21. The van der Waals surface area contributed by atoms with Crippen molar-refractivity contribution in [2.24, 2.45) is 4.99 Å². The van der Waals surface area contributed by atoms with Gasteiger partial charge in [-0.25, -0.2) is 13.1 Å². The minimum atomic E-state index is -3.53. The lowest BCUT2D eigenvalue weighted by atomic mass is 10.5. The van der Waals surface area contributed by atoms with Gasteiger partial charge in [0.15, 0.2) is 5.96 Å². The zero-order chi connectivity index (χ0) is 17.3. The maximum Gasteiger partial charge on any atom is 0.242 e. The normalized spacial score (nSPS) is 12.1. The molecule has 0 saturated heterocycles. The van der Waals surface area contributed by atoms with Gasteiger partial charge in [0.05, 0.1) is 0 Å². The van der Waals surface area contributed by atoms with Crippen molar-refractivity contribution < 1.29 is 8.42 Å². The Balaban J connectivity index is 1.68. The summed E-state index contributed by atoms with van der Waals surface area (Å²) in [5.74, 6) is 0.628. The summed E-state index contributed by atoms with van der Waals surface area (Å²) in [7, 11) is -1.86. The molecular weight excluding hydrogens is 328 g/mol. The fourth-order valence-electron chi connectivity index (χ4n) is 2.00. The molecule has 0 aromatic carbocycles. The van der Waals surface area contributed by atoms with E-state index in [2.05, 4.69) is 29.9 Å². The molecule has 0 bridgehead atoms. The summed E-state index contributed by atoms with van der Waals surface area (Å²) < 4.78 is 28.6. The summed E-state index contributed by atoms with van der Waals surface area (Å²) in [6, 6.07) is 7.04. The summed E-state index contributed by atoms with van der Waals surface area (Å²) in [6.07, 6.45) is 6.83. The molecule has 2 aromatic heterocycles. The zero-order valence-corrected chi connectivity index (χ0v) is 14.3. The lowest BCUT2D eigenvalue weighted by Gasteiger charge is -2.12. The van der Waals surface area contributed by atoms with Crippen LogP contribution in [0.2, 0.25) is 0 Å². The van der Waals surface area contributed by atoms with Crippen LogP contribution in [0.3, 0.4) is 0 Å². The van der Waals surface area contributed by atoms with Crippen molar-refractivity contribution in [3.05, 3.63) is 49.1 Å². The predicted octanol–water partition coefficient (Wildman–Crippen LogP) is 0.0266. The van der Waals surface area contributed by atoms with Crippen molar-refractivity contribution in [3.63, 3.8) is 0 Å². The fraction of sp³-hybridized carbons (Fsp3) is 0.333. The second-order valence-electron chi connectivity index (χ2n) is 4.93. The zero-order valence-electron chi connectivity index (χ0n) is 13.5. The molecule has 9 heteroatoms. The largest absolute Gasteiger partial charge is 0.355 e. The molecule has 2 heterocycles. The van der Waals surface area contributed by atoms with E-state index in [1.165, 1.54) is 18.5 Å². The van der Waals surface area contributed by atoms with Crippen LogP contribution in [-0.2, 0) is 16.6 Å². The Bertz CT molecular complexity index is 729. The number of aromatic nitrogens is 2. The van der Waals surface area contributed by atoms with Gasteiger partial charge in [0.2, 0.25) is 10.0 Å². The fourth-order valence-corrected chi connectivity index (χ4v) is 2.99. The molecule has 24 heavy (non-hydrogen) atoms. The molecule has 0 fully saturated rings. The molecule has 0 radical (unpaired) electrons. The first-order chi connectivity index (χ1) is 11.6. The van der Waals surface area contributed by atoms with Crippen LogP contribution in [0.15, 0.2) is 58.9 Å². The Labute approximate surface area is 142 Å². The summed E-state index contributed by atoms with van der Waals surface area (Å²) in [5, 5.41) is 6.23. The van der Waals surface area contributed by atoms with Crippen LogP contribution < -0.4 is 15.4 Å². The quantitative estimate of drug-likeness (QED) is 0.354. The number of hydrogen-bond donors (Lipinski definition) is 3. The van der Waals surface area contributed by atoms with Crippen LogP contribution in [0.25, 0.3) is 0 Å². The Morgan fingerprint density at radius 3 is 2.58 bits per heavy atom. The van der Waals surface area contributed by atoms with E-state index in [1.807, 2.05) is 24.5 Å². The first-order valence-electron chi connectivity index (χ1n) is 7.57. The molecule has 8 nitrogen and oxygen atoms in total. The molecule has 0 aliphatic rings. The van der Waals surface area contributed by atoms with Gasteiger partial charge >= 0.3 is 0 Å². The van der Waals surface area contributed by atoms with E-state index in [-0.39, 0.29) is 11.4 Å². The summed E-state index contributed by atoms with van der Waals surface area (Å²) >= 11 is 0. The van der Waals surface area contributed by atoms with Crippen molar-refractivity contribution in [1.82, 2.24) is 24.9 Å². The van der Waals surface area contributed by atoms with Crippen molar-refractivity contribution in [2.45, 2.75) is 11.4 Å². The summed E-state index contributed by atoms with van der Waals surface area (Å²) in [5.41, 5.74) is 0. The predicted molar refractivity (Wildman–Crippen MR) is 93.2 cm³/mol. The Morgan fingerprint density at radius 1 is 1.17 bits per heavy atom. The van der Waals surface area contributed by atoms with Gasteiger partial charge in [0.25, 0.3) is 0 Å². The van der Waals surface area contributed by atoms with E-state index < -0.39 is 10.0 Å². The smallest absolute Gasteiger partial charge is 0.242 e. The molecule has 0 aliphatic heterocycles. The molecule has 0 unspecified atom stereocenters. The first-order valence-corrected chi connectivity index (χ1v) is 9.05. The maximum absolute atomic E-state index is 12.0. The SMILES string of the molecule is CN=C(NCCNS(=O)(=O)c1cccnc1)NCCn1cccc1. The van der Waals surface area contributed by atoms with Crippen LogP contribution in [0, 0.1) is 0 Å². The van der Waals surface area contributed by atoms with Crippen LogP contribution in [0.4, 0.5) is 0 Å². The highest BCUT2D eigenvalue weighted by molar-refractivity contribution is 7.89. The molecule has 3 N–H and O–H groups in total. The van der Waals surface area contributed by atoms with E-state index in [9.17, 15) is 8.42 Å². The highest BCUT2D eigenvalue weighted by atomic mass is 32.2. The number of sulfonamides is 1. The van der Waals surface area contributed by atoms with Gasteiger partial charge in [0, 0.05) is 58.0 Å². The summed E-state index contributed by atoms with van der Waals surface area (Å²) in [6.45, 7) is 2.20. The average Bonchev–Trinajstić information content (AvgIpc) is 3.11. The van der Waals surface area contributed by atoms with E-state index in [0.29, 0.717) is 12.5 Å². The third-order valence-corrected chi connectivity index (χ3v) is 4.65. The second-order valence-corrected chi connectivity index (χ2v) is 6.70. The first kappa shape index (κ1) is 18.0. The van der Waals surface area contributed by atoms with Crippen LogP contribution >= 0.6 is 0 Å². The third kappa shape index (κ3) is 5.67. The molecule has 0 amide bonds. The van der Waals surface area contributed by atoms with Gasteiger partial charge in [-0.15, -0.1) is 0 Å². The van der Waals surface area contributed by atoms with Crippen LogP contribution in [0.5, 0.6) is 0 Å². The monoisotopic (exact) mass is 350 g/mol. The van der Waals surface area contributed by atoms with Gasteiger partial charge in [-0.3, -0.25) is 9.98 Å². The number of nitrogens with one attached hydrogen (secondary N) is 3. The highest BCUT2D eigenvalue weighted by Gasteiger charge is 2.12. The molecule has 0 spiro atoms. The molecule has 2 aromatic rings. The van der Waals surface area contributed by atoms with Crippen molar-refractivity contribution in [2.75, 3.05) is 26.7 Å². The van der Waals surface area contributed by atoms with Gasteiger partial charge in [-0.1, -0.05) is 0 Å². The van der Waals surface area contributed by atoms with Gasteiger partial charge in [-0.05, 0) is 24.3 Å². The number of aliphatic imine (C=N–C) groups is 1. The molecule has 130 valence electrons. The van der Waals surface area contributed by atoms with E-state index >= 15 is 0 Å². The van der Waals surface area contributed by atoms with Crippen molar-refractivity contribution in [1.29, 1.82) is 0 Å². The number of pyridine rings is 1. The van der Waals surface area contributed by atoms with Crippen molar-refractivity contribution >= 4 is 16.0 Å². The van der Waals surface area contributed by atoms with E-state index in [4.69, 9.17) is 0 Å². The maximum atomic E-state index is 12.0. The molecule has 0 atom stereocenters. The summed E-state index contributed by atoms with van der Waals surface area (Å²) in [4.78, 5) is 8.06.